The van der Waals surface area contributed by atoms with Crippen LogP contribution in [0.5, 0.6) is 11.5 Å². The van der Waals surface area contributed by atoms with Gasteiger partial charge < -0.3 is 19.7 Å². The second-order valence-corrected chi connectivity index (χ2v) is 8.72. The fraction of sp³-hybridized carbons (Fsp3) is 0.519. The molecule has 5 heteroatoms. The van der Waals surface area contributed by atoms with Crippen LogP contribution in [0.15, 0.2) is 42.5 Å². The van der Waals surface area contributed by atoms with Crippen molar-refractivity contribution < 1.29 is 14.3 Å². The zero-order valence-corrected chi connectivity index (χ0v) is 20.0. The van der Waals surface area contributed by atoms with Gasteiger partial charge in [-0.25, -0.2) is 0 Å². The van der Waals surface area contributed by atoms with Gasteiger partial charge in [-0.15, -0.1) is 0 Å². The van der Waals surface area contributed by atoms with Gasteiger partial charge in [0.25, 0.3) is 0 Å². The van der Waals surface area contributed by atoms with Gasteiger partial charge in [0.1, 0.15) is 0 Å². The third-order valence-corrected chi connectivity index (χ3v) is 6.04. The number of carbonyl (C=O) groups is 1. The van der Waals surface area contributed by atoms with E-state index in [1.54, 1.807) is 0 Å². The lowest BCUT2D eigenvalue weighted by Crippen LogP contribution is -2.34. The molecule has 0 spiro atoms. The molecule has 1 saturated heterocycles. The van der Waals surface area contributed by atoms with Crippen molar-refractivity contribution in [2.75, 3.05) is 31.2 Å². The van der Waals surface area contributed by atoms with Gasteiger partial charge in [-0.3, -0.25) is 4.79 Å². The van der Waals surface area contributed by atoms with Crippen molar-refractivity contribution >= 4 is 11.6 Å². The summed E-state index contributed by atoms with van der Waals surface area (Å²) in [7, 11) is 0. The average molecular weight is 439 g/mol. The summed E-state index contributed by atoms with van der Waals surface area (Å²) in [4.78, 5) is 15.0. The quantitative estimate of drug-likeness (QED) is 0.530. The summed E-state index contributed by atoms with van der Waals surface area (Å²) in [5.41, 5.74) is 3.48. The Morgan fingerprint density at radius 2 is 1.81 bits per heavy atom. The van der Waals surface area contributed by atoms with Crippen molar-refractivity contribution in [2.45, 2.75) is 59.4 Å². The lowest BCUT2D eigenvalue weighted by molar-refractivity contribution is -0.121. The lowest BCUT2D eigenvalue weighted by atomic mass is 9.99. The van der Waals surface area contributed by atoms with E-state index in [2.05, 4.69) is 41.4 Å². The number of benzene rings is 2. The molecule has 2 unspecified atom stereocenters. The summed E-state index contributed by atoms with van der Waals surface area (Å²) in [5, 5.41) is 3.14. The molecule has 5 nitrogen and oxygen atoms in total. The monoisotopic (exact) mass is 438 g/mol. The highest BCUT2D eigenvalue weighted by Gasteiger charge is 2.17. The molecule has 3 rings (SSSR count). The molecule has 2 aromatic carbocycles. The van der Waals surface area contributed by atoms with Crippen molar-refractivity contribution in [1.82, 2.24) is 5.32 Å². The predicted octanol–water partition coefficient (Wildman–Crippen LogP) is 5.53. The molecule has 0 radical (unpaired) electrons. The van der Waals surface area contributed by atoms with Gasteiger partial charge in [-0.05, 0) is 81.3 Å². The molecule has 1 fully saturated rings. The molecular formula is C27H38N2O3. The smallest absolute Gasteiger partial charge is 0.220 e. The van der Waals surface area contributed by atoms with Gasteiger partial charge in [0.2, 0.25) is 5.91 Å². The highest BCUT2D eigenvalue weighted by Crippen LogP contribution is 2.29. The maximum atomic E-state index is 12.6. The fourth-order valence-electron chi connectivity index (χ4n) is 4.30. The number of ether oxygens (including phenoxy) is 2. The topological polar surface area (TPSA) is 50.8 Å². The van der Waals surface area contributed by atoms with Gasteiger partial charge in [0.15, 0.2) is 11.5 Å². The van der Waals surface area contributed by atoms with Crippen molar-refractivity contribution in [3.8, 4) is 11.5 Å². The number of anilines is 1. The summed E-state index contributed by atoms with van der Waals surface area (Å²) in [6.07, 6.45) is 3.68. The number of carbonyl (C=O) groups excluding carboxylic acids is 1. The summed E-state index contributed by atoms with van der Waals surface area (Å²) >= 11 is 0. The molecule has 174 valence electrons. The van der Waals surface area contributed by atoms with E-state index in [1.165, 1.54) is 18.5 Å². The number of aryl methyl sites for hydroxylation is 1. The molecular weight excluding hydrogens is 400 g/mol. The Balaban J connectivity index is 1.52. The first-order chi connectivity index (χ1) is 15.5. The normalized spacial score (nSPS) is 17.0. The number of hydrogen-bond acceptors (Lipinski definition) is 4. The molecule has 0 aliphatic carbocycles. The van der Waals surface area contributed by atoms with E-state index in [9.17, 15) is 4.79 Å². The molecule has 32 heavy (non-hydrogen) atoms. The lowest BCUT2D eigenvalue weighted by Gasteiger charge is -2.33. The van der Waals surface area contributed by atoms with Crippen LogP contribution in [0.3, 0.4) is 0 Å². The highest BCUT2D eigenvalue weighted by atomic mass is 16.5. The van der Waals surface area contributed by atoms with Crippen LogP contribution in [0, 0.1) is 5.92 Å². The molecule has 1 aliphatic rings. The number of hydrogen-bond donors (Lipinski definition) is 1. The largest absolute Gasteiger partial charge is 0.490 e. The van der Waals surface area contributed by atoms with Crippen LogP contribution in [-0.4, -0.2) is 32.2 Å². The Labute approximate surface area is 193 Å². The molecule has 2 aromatic rings. The number of piperidine rings is 1. The predicted molar refractivity (Wildman–Crippen MR) is 131 cm³/mol. The van der Waals surface area contributed by atoms with E-state index in [1.807, 2.05) is 39.0 Å². The molecule has 0 saturated carbocycles. The first-order valence-corrected chi connectivity index (χ1v) is 12.0. The summed E-state index contributed by atoms with van der Waals surface area (Å²) in [6, 6.07) is 14.5. The Kier molecular flexibility index (Phi) is 8.83. The van der Waals surface area contributed by atoms with Crippen LogP contribution in [-0.2, 0) is 11.2 Å². The van der Waals surface area contributed by atoms with Gasteiger partial charge in [0, 0.05) is 25.2 Å². The first-order valence-electron chi connectivity index (χ1n) is 12.0. The van der Waals surface area contributed by atoms with E-state index in [4.69, 9.17) is 9.47 Å². The zero-order valence-electron chi connectivity index (χ0n) is 20.0. The number of amides is 1. The number of nitrogens with one attached hydrogen (secondary N) is 1. The van der Waals surface area contributed by atoms with E-state index in [-0.39, 0.29) is 11.9 Å². The van der Waals surface area contributed by atoms with Crippen molar-refractivity contribution in [1.29, 1.82) is 0 Å². The van der Waals surface area contributed by atoms with Crippen LogP contribution in [0.1, 0.15) is 64.1 Å². The Morgan fingerprint density at radius 3 is 2.50 bits per heavy atom. The molecule has 0 aromatic heterocycles. The maximum absolute atomic E-state index is 12.6. The van der Waals surface area contributed by atoms with Crippen LogP contribution in [0.25, 0.3) is 0 Å². The van der Waals surface area contributed by atoms with Gasteiger partial charge in [-0.2, -0.15) is 0 Å². The van der Waals surface area contributed by atoms with Crippen molar-refractivity contribution in [3.05, 3.63) is 53.6 Å². The molecule has 1 heterocycles. The van der Waals surface area contributed by atoms with Gasteiger partial charge in [-0.1, -0.05) is 25.1 Å². The van der Waals surface area contributed by atoms with Gasteiger partial charge >= 0.3 is 0 Å². The van der Waals surface area contributed by atoms with Crippen LogP contribution in [0.4, 0.5) is 5.69 Å². The minimum atomic E-state index is -0.0175. The first kappa shape index (κ1) is 24.0. The van der Waals surface area contributed by atoms with Gasteiger partial charge in [0.05, 0.1) is 19.3 Å². The third-order valence-electron chi connectivity index (χ3n) is 6.04. The number of rotatable bonds is 10. The van der Waals surface area contributed by atoms with Crippen molar-refractivity contribution in [2.24, 2.45) is 5.92 Å². The highest BCUT2D eigenvalue weighted by molar-refractivity contribution is 5.76. The second-order valence-electron chi connectivity index (χ2n) is 8.72. The Hall–Kier alpha value is -2.69. The third kappa shape index (κ3) is 6.65. The molecule has 1 N–H and O–H groups in total. The van der Waals surface area contributed by atoms with Crippen LogP contribution < -0.4 is 19.7 Å². The van der Waals surface area contributed by atoms with Crippen LogP contribution in [0.2, 0.25) is 0 Å². The second kappa shape index (κ2) is 11.8. The average Bonchev–Trinajstić information content (AvgIpc) is 2.79. The Bertz CT molecular complexity index is 866. The number of nitrogens with zero attached hydrogens (tertiary/aromatic N) is 1. The fourth-order valence-corrected chi connectivity index (χ4v) is 4.30. The summed E-state index contributed by atoms with van der Waals surface area (Å²) in [5.74, 6) is 2.29. The maximum Gasteiger partial charge on any atom is 0.220 e. The van der Waals surface area contributed by atoms with E-state index < -0.39 is 0 Å². The molecule has 0 bridgehead atoms. The Morgan fingerprint density at radius 1 is 1.09 bits per heavy atom. The standard InChI is InChI=1S/C27H38N2O3/c1-5-31-25-15-9-22(18-26(25)32-6-2)10-16-27(30)28-21(4)23-11-13-24(14-12-23)29-17-7-8-20(3)19-29/h9,11-15,18,20-21H,5-8,10,16-17,19H2,1-4H3,(H,28,30). The van der Waals surface area contributed by atoms with Crippen molar-refractivity contribution in [3.63, 3.8) is 0 Å². The SMILES string of the molecule is CCOc1ccc(CCC(=O)NC(C)c2ccc(N3CCCC(C)C3)cc2)cc1OCC. The minimum absolute atomic E-state index is 0.0175. The van der Waals surface area contributed by atoms with E-state index in [0.29, 0.717) is 26.1 Å². The summed E-state index contributed by atoms with van der Waals surface area (Å²) in [6.45, 7) is 11.7. The molecule has 2 atom stereocenters. The van der Waals surface area contributed by atoms with Crippen LogP contribution >= 0.6 is 0 Å². The molecule has 1 amide bonds. The molecule has 1 aliphatic heterocycles. The zero-order chi connectivity index (χ0) is 22.9. The van der Waals surface area contributed by atoms with E-state index >= 15 is 0 Å². The minimum Gasteiger partial charge on any atom is -0.490 e. The summed E-state index contributed by atoms with van der Waals surface area (Å²) < 4.78 is 11.3. The van der Waals surface area contributed by atoms with E-state index in [0.717, 1.165) is 41.6 Å².